The second kappa shape index (κ2) is 10.8. The summed E-state index contributed by atoms with van der Waals surface area (Å²) < 4.78 is 10.7. The molecule has 0 saturated heterocycles. The maximum atomic E-state index is 13.4. The Bertz CT molecular complexity index is 1920. The van der Waals surface area contributed by atoms with Gasteiger partial charge in [-0.1, -0.05) is 71.4 Å². The molecule has 0 unspecified atom stereocenters. The second-order valence-electron chi connectivity index (χ2n) is 9.95. The van der Waals surface area contributed by atoms with Gasteiger partial charge in [0.2, 0.25) is 4.96 Å². The summed E-state index contributed by atoms with van der Waals surface area (Å²) in [5, 5.41) is 9.42. The van der Waals surface area contributed by atoms with Crippen LogP contribution >= 0.6 is 27.3 Å². The van der Waals surface area contributed by atoms with Gasteiger partial charge < -0.3 is 4.74 Å². The van der Waals surface area contributed by atoms with Gasteiger partial charge in [-0.2, -0.15) is 14.6 Å². The van der Waals surface area contributed by atoms with Crippen LogP contribution in [0.2, 0.25) is 0 Å². The van der Waals surface area contributed by atoms with E-state index in [0.717, 1.165) is 43.9 Å². The number of aromatic nitrogens is 5. The molecular formula is C31H26BrN5O2S. The molecule has 0 saturated carbocycles. The van der Waals surface area contributed by atoms with Crippen LogP contribution in [0.4, 0.5) is 0 Å². The molecule has 0 aliphatic carbocycles. The summed E-state index contributed by atoms with van der Waals surface area (Å²) in [5.74, 6) is 1.82. The molecule has 3 aromatic heterocycles. The normalized spacial score (nSPS) is 12.1. The van der Waals surface area contributed by atoms with E-state index in [9.17, 15) is 4.79 Å². The average molecular weight is 613 g/mol. The minimum atomic E-state index is -0.206. The van der Waals surface area contributed by atoms with Crippen molar-refractivity contribution in [1.29, 1.82) is 0 Å². The van der Waals surface area contributed by atoms with Crippen LogP contribution in [-0.2, 0) is 0 Å². The van der Waals surface area contributed by atoms with Crippen molar-refractivity contribution >= 4 is 38.3 Å². The molecule has 6 rings (SSSR count). The second-order valence-corrected chi connectivity index (χ2v) is 11.9. The largest absolute Gasteiger partial charge is 0.493 e. The number of rotatable bonds is 7. The van der Waals surface area contributed by atoms with Crippen LogP contribution in [0.5, 0.6) is 5.75 Å². The predicted molar refractivity (Wildman–Crippen MR) is 163 cm³/mol. The molecule has 200 valence electrons. The van der Waals surface area contributed by atoms with Crippen molar-refractivity contribution in [2.45, 2.75) is 20.8 Å². The van der Waals surface area contributed by atoms with Crippen molar-refractivity contribution in [2.75, 3.05) is 6.61 Å². The summed E-state index contributed by atoms with van der Waals surface area (Å²) in [4.78, 5) is 18.5. The van der Waals surface area contributed by atoms with Crippen molar-refractivity contribution in [1.82, 2.24) is 24.4 Å². The van der Waals surface area contributed by atoms with Gasteiger partial charge in [0.25, 0.3) is 5.56 Å². The van der Waals surface area contributed by atoms with Crippen LogP contribution in [0.1, 0.15) is 25.0 Å². The first-order valence-electron chi connectivity index (χ1n) is 12.9. The number of fused-ring (bicyclic) bond motifs is 1. The van der Waals surface area contributed by atoms with Gasteiger partial charge in [-0.15, -0.1) is 5.10 Å². The molecule has 0 atom stereocenters. The first kappa shape index (κ1) is 26.2. The van der Waals surface area contributed by atoms with E-state index in [4.69, 9.17) is 9.84 Å². The van der Waals surface area contributed by atoms with Crippen LogP contribution in [0.15, 0.2) is 88.3 Å². The molecule has 0 aliphatic heterocycles. The van der Waals surface area contributed by atoms with Crippen molar-refractivity contribution in [3.63, 3.8) is 0 Å². The Morgan fingerprint density at radius 2 is 1.75 bits per heavy atom. The van der Waals surface area contributed by atoms with Gasteiger partial charge in [-0.3, -0.25) is 4.79 Å². The maximum absolute atomic E-state index is 13.4. The average Bonchev–Trinajstić information content (AvgIpc) is 3.64. The molecule has 0 N–H and O–H groups in total. The van der Waals surface area contributed by atoms with Gasteiger partial charge in [0, 0.05) is 27.4 Å². The number of benzene rings is 3. The Kier molecular flexibility index (Phi) is 7.08. The molecule has 0 amide bonds. The quantitative estimate of drug-likeness (QED) is 0.211. The molecule has 9 heteroatoms. The van der Waals surface area contributed by atoms with Crippen molar-refractivity contribution in [2.24, 2.45) is 5.92 Å². The minimum absolute atomic E-state index is 0.206. The molecule has 40 heavy (non-hydrogen) atoms. The Balaban J connectivity index is 1.44. The highest BCUT2D eigenvalue weighted by molar-refractivity contribution is 9.10. The van der Waals surface area contributed by atoms with Gasteiger partial charge in [0.05, 0.1) is 16.8 Å². The molecule has 0 fully saturated rings. The van der Waals surface area contributed by atoms with E-state index in [0.29, 0.717) is 27.8 Å². The number of ether oxygens (including phenoxy) is 1. The van der Waals surface area contributed by atoms with E-state index in [-0.39, 0.29) is 5.56 Å². The first-order valence-corrected chi connectivity index (χ1v) is 14.5. The highest BCUT2D eigenvalue weighted by Crippen LogP contribution is 2.29. The zero-order valence-electron chi connectivity index (χ0n) is 22.2. The Hall–Kier alpha value is -4.08. The summed E-state index contributed by atoms with van der Waals surface area (Å²) in [6, 6.07) is 23.7. The van der Waals surface area contributed by atoms with Crippen molar-refractivity contribution < 1.29 is 4.74 Å². The fourth-order valence-corrected chi connectivity index (χ4v) is 5.50. The number of para-hydroxylation sites is 1. The summed E-state index contributed by atoms with van der Waals surface area (Å²) >= 11 is 4.76. The zero-order chi connectivity index (χ0) is 27.8. The van der Waals surface area contributed by atoms with E-state index in [1.165, 1.54) is 15.9 Å². The zero-order valence-corrected chi connectivity index (χ0v) is 24.6. The summed E-state index contributed by atoms with van der Waals surface area (Å²) in [7, 11) is 0. The van der Waals surface area contributed by atoms with E-state index in [2.05, 4.69) is 45.9 Å². The van der Waals surface area contributed by atoms with Gasteiger partial charge in [0.15, 0.2) is 5.82 Å². The van der Waals surface area contributed by atoms with E-state index >= 15 is 0 Å². The van der Waals surface area contributed by atoms with Crippen LogP contribution < -0.4 is 14.8 Å². The van der Waals surface area contributed by atoms with Crippen LogP contribution in [0, 0.1) is 12.8 Å². The van der Waals surface area contributed by atoms with Gasteiger partial charge >= 0.3 is 0 Å². The summed E-state index contributed by atoms with van der Waals surface area (Å²) in [6.07, 6.45) is 3.83. The number of hydrogen-bond acceptors (Lipinski definition) is 6. The third-order valence-electron chi connectivity index (χ3n) is 6.35. The highest BCUT2D eigenvalue weighted by Gasteiger charge is 2.16. The molecule has 6 aromatic rings. The molecule has 0 spiro atoms. The monoisotopic (exact) mass is 611 g/mol. The number of halogens is 1. The van der Waals surface area contributed by atoms with Gasteiger partial charge in [0.1, 0.15) is 11.4 Å². The van der Waals surface area contributed by atoms with E-state index < -0.39 is 0 Å². The summed E-state index contributed by atoms with van der Waals surface area (Å²) in [5.41, 5.74) is 5.16. The molecule has 3 aromatic carbocycles. The van der Waals surface area contributed by atoms with E-state index in [1.54, 1.807) is 0 Å². The third kappa shape index (κ3) is 5.22. The standard InChI is InChI=1S/C31H26BrN5O2S/c1-19(2)18-39-26-14-11-22(15-20(26)3)28-23(17-36(34-28)25-7-5-4-6-8-25)16-27-30(38)37-31(40-27)33-29(35-37)21-9-12-24(32)13-10-21/h4-17,19H,18H2,1-3H3. The van der Waals surface area contributed by atoms with Crippen LogP contribution in [0.3, 0.4) is 0 Å². The SMILES string of the molecule is Cc1cc(-c2nn(-c3ccccc3)cc2C=c2sc3nc(-c4ccc(Br)cc4)nn3c2=O)ccc1OCC(C)C. The molecule has 0 radical (unpaired) electrons. The predicted octanol–water partition coefficient (Wildman–Crippen LogP) is 6.32. The minimum Gasteiger partial charge on any atom is -0.493 e. The Morgan fingerprint density at radius 3 is 2.45 bits per heavy atom. The first-order chi connectivity index (χ1) is 19.4. The van der Waals surface area contributed by atoms with Gasteiger partial charge in [-0.05, 0) is 66.9 Å². The number of hydrogen-bond donors (Lipinski definition) is 0. The lowest BCUT2D eigenvalue weighted by Gasteiger charge is -2.12. The third-order valence-corrected chi connectivity index (χ3v) is 7.84. The molecule has 0 bridgehead atoms. The van der Waals surface area contributed by atoms with Crippen molar-refractivity contribution in [3.05, 3.63) is 109 Å². The fourth-order valence-electron chi connectivity index (χ4n) is 4.34. The van der Waals surface area contributed by atoms with Crippen LogP contribution in [0.25, 0.3) is 39.4 Å². The number of nitrogens with zero attached hydrogens (tertiary/aromatic N) is 5. The van der Waals surface area contributed by atoms with Crippen molar-refractivity contribution in [3.8, 4) is 34.1 Å². The lowest BCUT2D eigenvalue weighted by atomic mass is 10.0. The Labute approximate surface area is 243 Å². The maximum Gasteiger partial charge on any atom is 0.291 e. The molecular weight excluding hydrogens is 586 g/mol. The number of aryl methyl sites for hydroxylation is 1. The lowest BCUT2D eigenvalue weighted by molar-refractivity contribution is 0.269. The number of thiazole rings is 1. The fraction of sp³-hybridized carbons (Fsp3) is 0.161. The topological polar surface area (TPSA) is 74.3 Å². The Morgan fingerprint density at radius 1 is 1.00 bits per heavy atom. The lowest BCUT2D eigenvalue weighted by Crippen LogP contribution is -2.23. The summed E-state index contributed by atoms with van der Waals surface area (Å²) in [6.45, 7) is 6.96. The highest BCUT2D eigenvalue weighted by atomic mass is 79.9. The van der Waals surface area contributed by atoms with E-state index in [1.807, 2.05) is 90.6 Å². The molecule has 0 aliphatic rings. The molecule has 3 heterocycles. The van der Waals surface area contributed by atoms with Gasteiger partial charge in [-0.25, -0.2) is 4.68 Å². The smallest absolute Gasteiger partial charge is 0.291 e. The van der Waals surface area contributed by atoms with Crippen LogP contribution in [-0.4, -0.2) is 31.0 Å². The molecule has 7 nitrogen and oxygen atoms in total.